The number of methoxy groups -OCH3 is 1. The Kier molecular flexibility index (Phi) is 6.26. The van der Waals surface area contributed by atoms with Crippen molar-refractivity contribution in [1.82, 2.24) is 5.32 Å². The van der Waals surface area contributed by atoms with Crippen LogP contribution >= 0.6 is 0 Å². The van der Waals surface area contributed by atoms with Crippen LogP contribution in [0.15, 0.2) is 60.7 Å². The second kappa shape index (κ2) is 9.03. The average Bonchev–Trinajstić information content (AvgIpc) is 2.70. The zero-order valence-corrected chi connectivity index (χ0v) is 15.2. The van der Waals surface area contributed by atoms with Crippen molar-refractivity contribution in [3.05, 3.63) is 72.0 Å². The molecule has 0 spiro atoms. The van der Waals surface area contributed by atoms with Crippen LogP contribution in [-0.2, 0) is 11.3 Å². The number of hydrogen-bond donors (Lipinski definition) is 1. The van der Waals surface area contributed by atoms with Gasteiger partial charge >= 0.3 is 0 Å². The van der Waals surface area contributed by atoms with Gasteiger partial charge in [0.25, 0.3) is 0 Å². The molecular weight excluding hydrogens is 345 g/mol. The van der Waals surface area contributed by atoms with Crippen LogP contribution in [0.5, 0.6) is 11.5 Å². The quantitative estimate of drug-likeness (QED) is 0.598. The summed E-state index contributed by atoms with van der Waals surface area (Å²) in [5, 5.41) is 5.13. The highest BCUT2D eigenvalue weighted by Gasteiger charge is 2.04. The largest absolute Gasteiger partial charge is 0.497 e. The summed E-state index contributed by atoms with van der Waals surface area (Å²) in [7, 11) is 1.65. The summed E-state index contributed by atoms with van der Waals surface area (Å²) in [4.78, 5) is 12.0. The Morgan fingerprint density at radius 1 is 0.963 bits per heavy atom. The number of hydrogen-bond acceptors (Lipinski definition) is 3. The van der Waals surface area contributed by atoms with Gasteiger partial charge in [0.15, 0.2) is 0 Å². The molecule has 0 atom stereocenters. The minimum Gasteiger partial charge on any atom is -0.497 e. The lowest BCUT2D eigenvalue weighted by atomic mass is 10.1. The number of nitrogens with one attached hydrogen (secondary N) is 1. The van der Waals surface area contributed by atoms with Gasteiger partial charge in [-0.2, -0.15) is 0 Å². The first-order valence-corrected chi connectivity index (χ1v) is 8.86. The van der Waals surface area contributed by atoms with Gasteiger partial charge in [-0.05, 0) is 65.2 Å². The first-order chi connectivity index (χ1) is 13.1. The molecule has 0 fully saturated rings. The summed E-state index contributed by atoms with van der Waals surface area (Å²) in [6.07, 6.45) is 0.979. The summed E-state index contributed by atoms with van der Waals surface area (Å²) in [6.45, 7) is 0.899. The molecule has 4 nitrogen and oxygen atoms in total. The number of amides is 1. The van der Waals surface area contributed by atoms with E-state index in [2.05, 4.69) is 11.4 Å². The fourth-order valence-electron chi connectivity index (χ4n) is 2.75. The monoisotopic (exact) mass is 367 g/mol. The number of fused-ring (bicyclic) bond motifs is 1. The van der Waals surface area contributed by atoms with Crippen LogP contribution in [0.2, 0.25) is 0 Å². The lowest BCUT2D eigenvalue weighted by Crippen LogP contribution is -2.22. The van der Waals surface area contributed by atoms with Crippen molar-refractivity contribution in [3.63, 3.8) is 0 Å². The Morgan fingerprint density at radius 2 is 1.67 bits per heavy atom. The molecule has 3 aromatic carbocycles. The first-order valence-electron chi connectivity index (χ1n) is 8.86. The van der Waals surface area contributed by atoms with Crippen molar-refractivity contribution in [2.24, 2.45) is 0 Å². The number of carbonyl (C=O) groups excluding carboxylic acids is 1. The number of rotatable bonds is 8. The summed E-state index contributed by atoms with van der Waals surface area (Å²) in [6, 6.07) is 17.8. The number of benzene rings is 3. The van der Waals surface area contributed by atoms with E-state index in [9.17, 15) is 9.18 Å². The minimum absolute atomic E-state index is 0.0208. The molecule has 0 saturated heterocycles. The van der Waals surface area contributed by atoms with Crippen molar-refractivity contribution >= 4 is 16.7 Å². The van der Waals surface area contributed by atoms with Crippen molar-refractivity contribution in [1.29, 1.82) is 0 Å². The van der Waals surface area contributed by atoms with E-state index >= 15 is 0 Å². The Bertz CT molecular complexity index is 909. The average molecular weight is 367 g/mol. The van der Waals surface area contributed by atoms with Crippen molar-refractivity contribution < 1.29 is 18.7 Å². The van der Waals surface area contributed by atoms with Gasteiger partial charge in [-0.1, -0.05) is 18.2 Å². The lowest BCUT2D eigenvalue weighted by molar-refractivity contribution is -0.121. The maximum atomic E-state index is 12.8. The Hall–Kier alpha value is -3.08. The zero-order chi connectivity index (χ0) is 19.1. The highest BCUT2D eigenvalue weighted by molar-refractivity contribution is 5.84. The van der Waals surface area contributed by atoms with Crippen LogP contribution in [0.4, 0.5) is 4.39 Å². The molecule has 0 aliphatic heterocycles. The van der Waals surface area contributed by atoms with E-state index in [1.54, 1.807) is 19.2 Å². The molecule has 0 unspecified atom stereocenters. The number of halogens is 1. The summed E-state index contributed by atoms with van der Waals surface area (Å²) < 4.78 is 23.5. The zero-order valence-electron chi connectivity index (χ0n) is 15.2. The van der Waals surface area contributed by atoms with E-state index < -0.39 is 0 Å². The van der Waals surface area contributed by atoms with Gasteiger partial charge in [0.2, 0.25) is 5.91 Å². The molecule has 0 saturated carbocycles. The van der Waals surface area contributed by atoms with Gasteiger partial charge in [-0.3, -0.25) is 4.79 Å². The fourth-order valence-corrected chi connectivity index (χ4v) is 2.75. The standard InChI is InChI=1S/C22H22FNO3/c1-26-21-9-6-17-13-16(4-5-18(17)14-21)15-24-22(25)3-2-12-27-20-10-7-19(23)8-11-20/h4-11,13-14H,2-3,12,15H2,1H3,(H,24,25). The van der Waals surface area contributed by atoms with Gasteiger partial charge in [0.05, 0.1) is 13.7 Å². The topological polar surface area (TPSA) is 47.6 Å². The Balaban J connectivity index is 1.42. The molecule has 3 rings (SSSR count). The SMILES string of the molecule is COc1ccc2cc(CNC(=O)CCCOc3ccc(F)cc3)ccc2c1. The Morgan fingerprint density at radius 3 is 2.44 bits per heavy atom. The van der Waals surface area contributed by atoms with E-state index in [0.29, 0.717) is 31.7 Å². The third-order valence-corrected chi connectivity index (χ3v) is 4.23. The predicted octanol–water partition coefficient (Wildman–Crippen LogP) is 4.46. The second-order valence-electron chi connectivity index (χ2n) is 6.23. The lowest BCUT2D eigenvalue weighted by Gasteiger charge is -2.08. The van der Waals surface area contributed by atoms with Crippen LogP contribution < -0.4 is 14.8 Å². The van der Waals surface area contributed by atoms with Crippen LogP contribution in [0.25, 0.3) is 10.8 Å². The van der Waals surface area contributed by atoms with E-state index in [0.717, 1.165) is 22.1 Å². The molecule has 5 heteroatoms. The summed E-state index contributed by atoms with van der Waals surface area (Å²) in [5.74, 6) is 1.11. The van der Waals surface area contributed by atoms with Crippen LogP contribution in [-0.4, -0.2) is 19.6 Å². The molecule has 0 bridgehead atoms. The molecule has 0 aromatic heterocycles. The van der Waals surface area contributed by atoms with Crippen molar-refractivity contribution in [3.8, 4) is 11.5 Å². The smallest absolute Gasteiger partial charge is 0.220 e. The minimum atomic E-state index is -0.297. The summed E-state index contributed by atoms with van der Waals surface area (Å²) in [5.41, 5.74) is 1.04. The van der Waals surface area contributed by atoms with Gasteiger partial charge < -0.3 is 14.8 Å². The van der Waals surface area contributed by atoms with Crippen LogP contribution in [0, 0.1) is 5.82 Å². The van der Waals surface area contributed by atoms with E-state index in [1.807, 2.05) is 30.3 Å². The normalized spacial score (nSPS) is 10.6. The molecule has 3 aromatic rings. The van der Waals surface area contributed by atoms with E-state index in [4.69, 9.17) is 9.47 Å². The molecule has 1 N–H and O–H groups in total. The van der Waals surface area contributed by atoms with Crippen molar-refractivity contribution in [2.45, 2.75) is 19.4 Å². The molecule has 0 heterocycles. The molecular formula is C22H22FNO3. The van der Waals surface area contributed by atoms with Crippen LogP contribution in [0.3, 0.4) is 0 Å². The van der Waals surface area contributed by atoms with Gasteiger partial charge in [-0.15, -0.1) is 0 Å². The van der Waals surface area contributed by atoms with Gasteiger partial charge in [-0.25, -0.2) is 4.39 Å². The molecule has 1 amide bonds. The summed E-state index contributed by atoms with van der Waals surface area (Å²) >= 11 is 0. The van der Waals surface area contributed by atoms with Gasteiger partial charge in [0.1, 0.15) is 17.3 Å². The fraction of sp³-hybridized carbons (Fsp3) is 0.227. The van der Waals surface area contributed by atoms with Crippen molar-refractivity contribution in [2.75, 3.05) is 13.7 Å². The first kappa shape index (κ1) is 18.7. The van der Waals surface area contributed by atoms with Crippen LogP contribution in [0.1, 0.15) is 18.4 Å². The Labute approximate surface area is 157 Å². The molecule has 140 valence electrons. The van der Waals surface area contributed by atoms with E-state index in [-0.39, 0.29) is 11.7 Å². The van der Waals surface area contributed by atoms with E-state index in [1.165, 1.54) is 12.1 Å². The third-order valence-electron chi connectivity index (χ3n) is 4.23. The molecule has 0 aliphatic carbocycles. The third kappa shape index (κ3) is 5.45. The molecule has 0 aliphatic rings. The predicted molar refractivity (Wildman–Crippen MR) is 103 cm³/mol. The maximum Gasteiger partial charge on any atom is 0.220 e. The molecule has 0 radical (unpaired) electrons. The number of ether oxygens (including phenoxy) is 2. The highest BCUT2D eigenvalue weighted by Crippen LogP contribution is 2.21. The highest BCUT2D eigenvalue weighted by atomic mass is 19.1. The maximum absolute atomic E-state index is 12.8. The number of carbonyl (C=O) groups is 1. The second-order valence-corrected chi connectivity index (χ2v) is 6.23. The van der Waals surface area contributed by atoms with Gasteiger partial charge in [0, 0.05) is 13.0 Å². The molecule has 27 heavy (non-hydrogen) atoms.